The van der Waals surface area contributed by atoms with Crippen LogP contribution in [0, 0.1) is 0 Å². The van der Waals surface area contributed by atoms with Gasteiger partial charge in [0.05, 0.1) is 5.54 Å². The van der Waals surface area contributed by atoms with Gasteiger partial charge in [-0.3, -0.25) is 0 Å². The topological polar surface area (TPSA) is 26.0 Å². The van der Waals surface area contributed by atoms with Gasteiger partial charge < -0.3 is 5.73 Å². The average Bonchev–Trinajstić information content (AvgIpc) is 2.51. The summed E-state index contributed by atoms with van der Waals surface area (Å²) < 4.78 is 0. The third kappa shape index (κ3) is 1.29. The van der Waals surface area contributed by atoms with Crippen LogP contribution in [0.5, 0.6) is 0 Å². The van der Waals surface area contributed by atoms with Crippen LogP contribution >= 0.6 is 12.4 Å². The van der Waals surface area contributed by atoms with Gasteiger partial charge in [-0.25, -0.2) is 0 Å². The number of halogens is 1. The maximum absolute atomic E-state index is 6.40. The molecule has 3 rings (SSSR count). The number of fused-ring (bicyclic) bond motifs is 3. The first-order valence-corrected chi connectivity index (χ1v) is 5.19. The molecule has 0 atom stereocenters. The van der Waals surface area contributed by atoms with E-state index in [1.807, 2.05) is 0 Å². The third-order valence-corrected chi connectivity index (χ3v) is 3.26. The van der Waals surface area contributed by atoms with Crippen molar-refractivity contribution in [3.63, 3.8) is 0 Å². The summed E-state index contributed by atoms with van der Waals surface area (Å²) in [6, 6.07) is 16.8. The van der Waals surface area contributed by atoms with E-state index in [0.29, 0.717) is 0 Å². The van der Waals surface area contributed by atoms with Crippen LogP contribution in [0.2, 0.25) is 0 Å². The quantitative estimate of drug-likeness (QED) is 0.740. The van der Waals surface area contributed by atoms with Crippen LogP contribution in [0.1, 0.15) is 18.1 Å². The molecule has 2 aromatic rings. The molecule has 2 heteroatoms. The maximum atomic E-state index is 6.40. The van der Waals surface area contributed by atoms with Crippen LogP contribution in [0.25, 0.3) is 11.1 Å². The summed E-state index contributed by atoms with van der Waals surface area (Å²) >= 11 is 0. The molecule has 0 saturated carbocycles. The fourth-order valence-corrected chi connectivity index (χ4v) is 2.49. The van der Waals surface area contributed by atoms with E-state index in [0.717, 1.165) is 0 Å². The Hall–Kier alpha value is -1.31. The second kappa shape index (κ2) is 3.62. The van der Waals surface area contributed by atoms with Crippen molar-refractivity contribution in [2.75, 3.05) is 0 Å². The molecule has 0 saturated heterocycles. The van der Waals surface area contributed by atoms with Crippen LogP contribution in [-0.4, -0.2) is 0 Å². The summed E-state index contributed by atoms with van der Waals surface area (Å²) in [5.41, 5.74) is 11.1. The van der Waals surface area contributed by atoms with E-state index >= 15 is 0 Å². The molecule has 0 fully saturated rings. The van der Waals surface area contributed by atoms with Crippen molar-refractivity contribution in [3.8, 4) is 11.1 Å². The highest BCUT2D eigenvalue weighted by Crippen LogP contribution is 2.45. The molecule has 1 aliphatic carbocycles. The Morgan fingerprint density at radius 3 is 1.62 bits per heavy atom. The van der Waals surface area contributed by atoms with E-state index in [9.17, 15) is 0 Å². The monoisotopic (exact) mass is 231 g/mol. The highest BCUT2D eigenvalue weighted by Gasteiger charge is 2.34. The molecule has 16 heavy (non-hydrogen) atoms. The van der Waals surface area contributed by atoms with Crippen LogP contribution in [0.4, 0.5) is 0 Å². The van der Waals surface area contributed by atoms with Crippen LogP contribution < -0.4 is 5.73 Å². The number of hydrogen-bond acceptors (Lipinski definition) is 1. The zero-order chi connectivity index (χ0) is 10.5. The molecule has 0 radical (unpaired) electrons. The average molecular weight is 232 g/mol. The lowest BCUT2D eigenvalue weighted by atomic mass is 9.91. The van der Waals surface area contributed by atoms with E-state index < -0.39 is 0 Å². The zero-order valence-electron chi connectivity index (χ0n) is 9.10. The van der Waals surface area contributed by atoms with Crippen molar-refractivity contribution in [1.82, 2.24) is 0 Å². The van der Waals surface area contributed by atoms with Crippen LogP contribution in [-0.2, 0) is 5.54 Å². The standard InChI is InChI=1S/C14H13N.ClH/c1-14(15)12-8-4-2-6-10(12)11-7-3-5-9-13(11)14;/h2-9H,15H2,1H3;1H. The molecule has 82 valence electrons. The molecule has 0 heterocycles. The molecule has 1 nitrogen and oxygen atoms in total. The molecular weight excluding hydrogens is 218 g/mol. The first-order chi connectivity index (χ1) is 7.21. The smallest absolute Gasteiger partial charge is 0.0649 e. The van der Waals surface area contributed by atoms with Crippen molar-refractivity contribution in [2.24, 2.45) is 5.73 Å². The van der Waals surface area contributed by atoms with Gasteiger partial charge in [0.1, 0.15) is 0 Å². The van der Waals surface area contributed by atoms with Crippen LogP contribution in [0.15, 0.2) is 48.5 Å². The van der Waals surface area contributed by atoms with Crippen molar-refractivity contribution in [3.05, 3.63) is 59.7 Å². The molecule has 1 aliphatic rings. The highest BCUT2D eigenvalue weighted by molar-refractivity contribution is 5.85. The Kier molecular flexibility index (Phi) is 2.53. The Labute approximate surface area is 102 Å². The molecule has 0 aliphatic heterocycles. The van der Waals surface area contributed by atoms with E-state index in [1.54, 1.807) is 0 Å². The van der Waals surface area contributed by atoms with Gasteiger partial charge in [0.15, 0.2) is 0 Å². The minimum absolute atomic E-state index is 0. The van der Waals surface area contributed by atoms with E-state index in [-0.39, 0.29) is 17.9 Å². The predicted octanol–water partition coefficient (Wildman–Crippen LogP) is 3.31. The molecule has 0 amide bonds. The lowest BCUT2D eigenvalue weighted by Gasteiger charge is -2.21. The number of benzene rings is 2. The first-order valence-electron chi connectivity index (χ1n) is 5.19. The van der Waals surface area contributed by atoms with Crippen LogP contribution in [0.3, 0.4) is 0 Å². The fourth-order valence-electron chi connectivity index (χ4n) is 2.49. The zero-order valence-corrected chi connectivity index (χ0v) is 9.92. The predicted molar refractivity (Wildman–Crippen MR) is 69.8 cm³/mol. The second-order valence-corrected chi connectivity index (χ2v) is 4.29. The molecule has 2 aromatic carbocycles. The summed E-state index contributed by atoms with van der Waals surface area (Å²) in [6.45, 7) is 2.08. The van der Waals surface area contributed by atoms with E-state index in [4.69, 9.17) is 5.73 Å². The largest absolute Gasteiger partial charge is 0.318 e. The third-order valence-electron chi connectivity index (χ3n) is 3.26. The summed E-state index contributed by atoms with van der Waals surface area (Å²) in [6.07, 6.45) is 0. The minimum Gasteiger partial charge on any atom is -0.318 e. The summed E-state index contributed by atoms with van der Waals surface area (Å²) in [5.74, 6) is 0. The normalized spacial score (nSPS) is 14.9. The van der Waals surface area contributed by atoms with Gasteiger partial charge in [-0.15, -0.1) is 12.4 Å². The summed E-state index contributed by atoms with van der Waals surface area (Å²) in [7, 11) is 0. The Morgan fingerprint density at radius 1 is 0.812 bits per heavy atom. The Morgan fingerprint density at radius 2 is 1.19 bits per heavy atom. The number of rotatable bonds is 0. The molecule has 0 unspecified atom stereocenters. The van der Waals surface area contributed by atoms with Crippen molar-refractivity contribution >= 4 is 12.4 Å². The fraction of sp³-hybridized carbons (Fsp3) is 0.143. The molecule has 2 N–H and O–H groups in total. The first kappa shape index (κ1) is 11.2. The van der Waals surface area contributed by atoms with E-state index in [2.05, 4.69) is 55.5 Å². The maximum Gasteiger partial charge on any atom is 0.0649 e. The molecular formula is C14H14ClN. The van der Waals surface area contributed by atoms with Gasteiger partial charge in [-0.1, -0.05) is 48.5 Å². The number of hydrogen-bond donors (Lipinski definition) is 1. The van der Waals surface area contributed by atoms with Gasteiger partial charge in [0.25, 0.3) is 0 Å². The second-order valence-electron chi connectivity index (χ2n) is 4.29. The van der Waals surface area contributed by atoms with Crippen molar-refractivity contribution in [2.45, 2.75) is 12.5 Å². The summed E-state index contributed by atoms with van der Waals surface area (Å²) in [4.78, 5) is 0. The van der Waals surface area contributed by atoms with Gasteiger partial charge >= 0.3 is 0 Å². The molecule has 0 aromatic heterocycles. The highest BCUT2D eigenvalue weighted by atomic mass is 35.5. The lowest BCUT2D eigenvalue weighted by molar-refractivity contribution is 0.621. The Balaban J connectivity index is 0.000000963. The van der Waals surface area contributed by atoms with Gasteiger partial charge in [-0.05, 0) is 29.2 Å². The molecule has 0 bridgehead atoms. The molecule has 0 spiro atoms. The van der Waals surface area contributed by atoms with E-state index in [1.165, 1.54) is 22.3 Å². The Bertz CT molecular complexity index is 484. The van der Waals surface area contributed by atoms with Crippen molar-refractivity contribution in [1.29, 1.82) is 0 Å². The SMILES string of the molecule is CC1(N)c2ccccc2-c2ccccc21.Cl. The summed E-state index contributed by atoms with van der Waals surface area (Å²) in [5, 5.41) is 0. The number of nitrogens with two attached hydrogens (primary N) is 1. The van der Waals surface area contributed by atoms with Crippen molar-refractivity contribution < 1.29 is 0 Å². The lowest BCUT2D eigenvalue weighted by Crippen LogP contribution is -2.31. The van der Waals surface area contributed by atoms with Gasteiger partial charge in [-0.2, -0.15) is 0 Å². The minimum atomic E-state index is -0.340. The van der Waals surface area contributed by atoms with Gasteiger partial charge in [0, 0.05) is 0 Å². The van der Waals surface area contributed by atoms with Gasteiger partial charge in [0.2, 0.25) is 0 Å².